The number of carbonyl (C=O) groups excluding carboxylic acids is 4. The molecule has 0 bridgehead atoms. The van der Waals surface area contributed by atoms with Gasteiger partial charge in [0, 0.05) is 25.7 Å². The van der Waals surface area contributed by atoms with Crippen LogP contribution in [0.4, 0.5) is 0 Å². The third-order valence-electron chi connectivity index (χ3n) is 18.5. The van der Waals surface area contributed by atoms with Crippen LogP contribution in [0.25, 0.3) is 0 Å². The molecule has 0 aliphatic carbocycles. The minimum atomic E-state index is -4.96. The van der Waals surface area contributed by atoms with E-state index in [-0.39, 0.29) is 25.7 Å². The highest BCUT2D eigenvalue weighted by atomic mass is 31.2. The van der Waals surface area contributed by atoms with Crippen LogP contribution < -0.4 is 0 Å². The summed E-state index contributed by atoms with van der Waals surface area (Å²) >= 11 is 0. The number of hydrogen-bond donors (Lipinski definition) is 3. The molecular formula is C78H152O17P2. The lowest BCUT2D eigenvalue weighted by atomic mass is 9.99. The number of phosphoric ester groups is 2. The van der Waals surface area contributed by atoms with Crippen molar-refractivity contribution < 1.29 is 80.2 Å². The molecule has 0 aromatic rings. The third-order valence-corrected chi connectivity index (χ3v) is 20.4. The molecule has 576 valence electrons. The molecule has 17 nitrogen and oxygen atoms in total. The quantitative estimate of drug-likeness (QED) is 0.0222. The number of rotatable bonds is 76. The molecule has 0 saturated heterocycles. The average molecular weight is 1420 g/mol. The lowest BCUT2D eigenvalue weighted by Crippen LogP contribution is -2.30. The minimum Gasteiger partial charge on any atom is -0.462 e. The summed E-state index contributed by atoms with van der Waals surface area (Å²) in [5.41, 5.74) is 0. The fourth-order valence-electron chi connectivity index (χ4n) is 11.9. The van der Waals surface area contributed by atoms with Gasteiger partial charge in [0.25, 0.3) is 0 Å². The Morgan fingerprint density at radius 1 is 0.299 bits per heavy atom. The van der Waals surface area contributed by atoms with Crippen LogP contribution in [0.3, 0.4) is 0 Å². The summed E-state index contributed by atoms with van der Waals surface area (Å²) in [5.74, 6) is 0.215. The second-order valence-electron chi connectivity index (χ2n) is 29.3. The van der Waals surface area contributed by atoms with E-state index in [2.05, 4.69) is 48.5 Å². The molecule has 0 aliphatic rings. The maximum absolute atomic E-state index is 13.1. The number of phosphoric acid groups is 2. The second kappa shape index (κ2) is 68.5. The van der Waals surface area contributed by atoms with E-state index >= 15 is 0 Å². The van der Waals surface area contributed by atoms with Gasteiger partial charge in [0.15, 0.2) is 12.2 Å². The zero-order valence-electron chi connectivity index (χ0n) is 63.5. The average Bonchev–Trinajstić information content (AvgIpc) is 1.89. The summed E-state index contributed by atoms with van der Waals surface area (Å²) in [7, 11) is -9.92. The molecular weight excluding hydrogens is 1270 g/mol. The first-order valence-electron chi connectivity index (χ1n) is 40.4. The molecule has 97 heavy (non-hydrogen) atoms. The molecule has 0 radical (unpaired) electrons. The molecule has 0 saturated carbocycles. The van der Waals surface area contributed by atoms with E-state index in [0.29, 0.717) is 25.7 Å². The summed E-state index contributed by atoms with van der Waals surface area (Å²) in [4.78, 5) is 73.0. The van der Waals surface area contributed by atoms with E-state index in [1.54, 1.807) is 0 Å². The lowest BCUT2D eigenvalue weighted by molar-refractivity contribution is -0.161. The van der Waals surface area contributed by atoms with Crippen LogP contribution in [0.1, 0.15) is 402 Å². The number of carbonyl (C=O) groups is 4. The maximum atomic E-state index is 13.1. The number of aliphatic hydroxyl groups is 1. The van der Waals surface area contributed by atoms with Crippen molar-refractivity contribution in [1.29, 1.82) is 0 Å². The molecule has 0 aromatic carbocycles. The fraction of sp³-hybridized carbons (Fsp3) is 0.949. The predicted molar refractivity (Wildman–Crippen MR) is 395 cm³/mol. The van der Waals surface area contributed by atoms with Crippen LogP contribution in [-0.4, -0.2) is 96.7 Å². The number of esters is 4. The Morgan fingerprint density at radius 2 is 0.526 bits per heavy atom. The molecule has 3 unspecified atom stereocenters. The van der Waals surface area contributed by atoms with Crippen LogP contribution >= 0.6 is 15.6 Å². The molecule has 0 rings (SSSR count). The Hall–Kier alpha value is -1.94. The SMILES string of the molecule is CCCCCCCCCCCCCCCCCCC(=O)O[C@H](COC(=O)CCCCCCCCCCCCCCC(C)C)COP(=O)(O)OC[C@@H](O)COP(=O)(O)OC[C@@H](COC(=O)CCCCCCCCCCCC(C)C)OC(=O)CCCCCCCCCCCCC(C)CC. The zero-order valence-corrected chi connectivity index (χ0v) is 65.3. The van der Waals surface area contributed by atoms with Gasteiger partial charge in [0.1, 0.15) is 19.3 Å². The van der Waals surface area contributed by atoms with Crippen molar-refractivity contribution in [3.63, 3.8) is 0 Å². The Morgan fingerprint density at radius 3 is 0.784 bits per heavy atom. The summed E-state index contributed by atoms with van der Waals surface area (Å²) in [6, 6.07) is 0. The fourth-order valence-corrected chi connectivity index (χ4v) is 13.5. The lowest BCUT2D eigenvalue weighted by Gasteiger charge is -2.21. The van der Waals surface area contributed by atoms with Gasteiger partial charge in [0.2, 0.25) is 0 Å². The highest BCUT2D eigenvalue weighted by Crippen LogP contribution is 2.45. The van der Waals surface area contributed by atoms with Crippen LogP contribution in [-0.2, 0) is 65.4 Å². The van der Waals surface area contributed by atoms with Gasteiger partial charge < -0.3 is 33.8 Å². The van der Waals surface area contributed by atoms with Crippen molar-refractivity contribution in [3.8, 4) is 0 Å². The van der Waals surface area contributed by atoms with Gasteiger partial charge in [0.05, 0.1) is 26.4 Å². The Balaban J connectivity index is 5.28. The topological polar surface area (TPSA) is 237 Å². The minimum absolute atomic E-state index is 0.106. The van der Waals surface area contributed by atoms with E-state index < -0.39 is 97.5 Å². The smallest absolute Gasteiger partial charge is 0.462 e. The van der Waals surface area contributed by atoms with Crippen molar-refractivity contribution >= 4 is 39.5 Å². The molecule has 0 aliphatic heterocycles. The highest BCUT2D eigenvalue weighted by molar-refractivity contribution is 7.47. The van der Waals surface area contributed by atoms with Crippen molar-refractivity contribution in [1.82, 2.24) is 0 Å². The Bertz CT molecular complexity index is 1890. The molecule has 0 spiro atoms. The standard InChI is InChI=1S/C78H152O17P2/c1-8-10-11-12-13-14-15-16-17-18-19-24-32-40-47-54-61-77(82)94-73(65-88-75(80)59-52-45-38-31-23-21-20-22-28-35-42-49-56-69(3)4)67-92-96(84,85)90-63-72(79)64-91-97(86,87)93-68-74(66-89-76(81)60-53-46-39-34-27-29-36-43-50-57-70(5)6)95-78(83)62-55-48-41-33-26-25-30-37-44-51-58-71(7)9-2/h69-74,79H,8-68H2,1-7H3,(H,84,85)(H,86,87)/t71?,72-,73-,74-/m1/s1. The number of unbranched alkanes of at least 4 members (excludes halogenated alkanes) is 43. The molecule has 0 amide bonds. The second-order valence-corrected chi connectivity index (χ2v) is 32.2. The summed E-state index contributed by atoms with van der Waals surface area (Å²) in [6.45, 7) is 11.9. The van der Waals surface area contributed by atoms with Gasteiger partial charge in [-0.1, -0.05) is 350 Å². The molecule has 6 atom stereocenters. The van der Waals surface area contributed by atoms with Crippen LogP contribution in [0.15, 0.2) is 0 Å². The van der Waals surface area contributed by atoms with E-state index in [1.807, 2.05) is 0 Å². The first-order valence-corrected chi connectivity index (χ1v) is 43.4. The Labute approximate surface area is 594 Å². The largest absolute Gasteiger partial charge is 0.472 e. The number of hydrogen-bond acceptors (Lipinski definition) is 15. The number of ether oxygens (including phenoxy) is 4. The van der Waals surface area contributed by atoms with Crippen LogP contribution in [0, 0.1) is 17.8 Å². The third kappa shape index (κ3) is 70.9. The van der Waals surface area contributed by atoms with Crippen molar-refractivity contribution in [2.45, 2.75) is 420 Å². The normalized spacial score (nSPS) is 14.3. The molecule has 19 heteroatoms. The first kappa shape index (κ1) is 95.1. The zero-order chi connectivity index (χ0) is 71.6. The van der Waals surface area contributed by atoms with Crippen LogP contribution in [0.2, 0.25) is 0 Å². The number of aliphatic hydroxyl groups excluding tert-OH is 1. The van der Waals surface area contributed by atoms with Gasteiger partial charge in [-0.25, -0.2) is 9.13 Å². The van der Waals surface area contributed by atoms with E-state index in [4.69, 9.17) is 37.0 Å². The van der Waals surface area contributed by atoms with Gasteiger partial charge in [-0.15, -0.1) is 0 Å². The summed E-state index contributed by atoms with van der Waals surface area (Å²) in [6.07, 6.45) is 55.3. The van der Waals surface area contributed by atoms with Crippen LogP contribution in [0.5, 0.6) is 0 Å². The first-order chi connectivity index (χ1) is 46.8. The maximum Gasteiger partial charge on any atom is 0.472 e. The Kier molecular flexibility index (Phi) is 67.1. The molecule has 3 N–H and O–H groups in total. The molecule has 0 fully saturated rings. The van der Waals surface area contributed by atoms with Crippen molar-refractivity contribution in [2.24, 2.45) is 17.8 Å². The van der Waals surface area contributed by atoms with E-state index in [1.165, 1.54) is 212 Å². The highest BCUT2D eigenvalue weighted by Gasteiger charge is 2.30. The summed E-state index contributed by atoms with van der Waals surface area (Å²) < 4.78 is 68.7. The monoisotopic (exact) mass is 1420 g/mol. The van der Waals surface area contributed by atoms with E-state index in [9.17, 15) is 43.2 Å². The van der Waals surface area contributed by atoms with Gasteiger partial charge in [-0.3, -0.25) is 37.3 Å². The van der Waals surface area contributed by atoms with Crippen molar-refractivity contribution in [2.75, 3.05) is 39.6 Å². The molecule has 0 heterocycles. The van der Waals surface area contributed by atoms with Gasteiger partial charge >= 0.3 is 39.5 Å². The van der Waals surface area contributed by atoms with Crippen molar-refractivity contribution in [3.05, 3.63) is 0 Å². The van der Waals surface area contributed by atoms with Gasteiger partial charge in [-0.2, -0.15) is 0 Å². The molecule has 0 aromatic heterocycles. The summed E-state index contributed by atoms with van der Waals surface area (Å²) in [5, 5.41) is 10.6. The predicted octanol–water partition coefficient (Wildman–Crippen LogP) is 23.0. The van der Waals surface area contributed by atoms with E-state index in [0.717, 1.165) is 108 Å². The van der Waals surface area contributed by atoms with Gasteiger partial charge in [-0.05, 0) is 43.4 Å².